The summed E-state index contributed by atoms with van der Waals surface area (Å²) in [6.45, 7) is 2.39. The average Bonchev–Trinajstić information content (AvgIpc) is 3.34. The summed E-state index contributed by atoms with van der Waals surface area (Å²) in [5.74, 6) is -3.03. The van der Waals surface area contributed by atoms with Crippen molar-refractivity contribution < 1.29 is 27.0 Å². The number of imidazole rings is 1. The van der Waals surface area contributed by atoms with Crippen LogP contribution in [0.25, 0.3) is 27.7 Å². The highest BCUT2D eigenvalue weighted by Crippen LogP contribution is 2.37. The Morgan fingerprint density at radius 3 is 2.74 bits per heavy atom. The zero-order valence-corrected chi connectivity index (χ0v) is 20.9. The molecule has 0 saturated carbocycles. The van der Waals surface area contributed by atoms with Gasteiger partial charge in [0.1, 0.15) is 18.0 Å². The Balaban J connectivity index is 1.34. The minimum Gasteiger partial charge on any atom is -0.479 e. The Bertz CT molecular complexity index is 1500. The lowest BCUT2D eigenvalue weighted by Gasteiger charge is -2.44. The summed E-state index contributed by atoms with van der Waals surface area (Å²) < 4.78 is 72.0. The molecule has 1 aromatic carbocycles. The van der Waals surface area contributed by atoms with E-state index in [-0.39, 0.29) is 48.5 Å². The third-order valence-electron chi connectivity index (χ3n) is 7.35. The summed E-state index contributed by atoms with van der Waals surface area (Å²) in [6, 6.07) is 4.01. The summed E-state index contributed by atoms with van der Waals surface area (Å²) in [7, 11) is 1.37. The SMILES string of the molecule is COc1nc(N[C@@H]2CCN(C3COC3)CC2(F)F)nn2cc(F)c(-c3ccc4nc(C)n(CCF)c4c3)c12. The van der Waals surface area contributed by atoms with Gasteiger partial charge in [0, 0.05) is 6.54 Å². The molecule has 2 aliphatic rings. The number of aromatic nitrogens is 5. The van der Waals surface area contributed by atoms with E-state index in [2.05, 4.69) is 20.4 Å². The number of alkyl halides is 3. The lowest BCUT2D eigenvalue weighted by atomic mass is 9.98. The molecule has 6 rings (SSSR count). The number of ether oxygens (including phenoxy) is 2. The Morgan fingerprint density at radius 1 is 1.24 bits per heavy atom. The Kier molecular flexibility index (Phi) is 6.14. The number of nitrogens with zero attached hydrogens (tertiary/aromatic N) is 6. The fourth-order valence-corrected chi connectivity index (χ4v) is 5.31. The third kappa shape index (κ3) is 4.13. The summed E-state index contributed by atoms with van der Waals surface area (Å²) in [4.78, 5) is 10.5. The number of methoxy groups -OCH3 is 1. The van der Waals surface area contributed by atoms with Crippen molar-refractivity contribution in [2.75, 3.05) is 45.4 Å². The molecule has 0 aliphatic carbocycles. The predicted molar refractivity (Wildman–Crippen MR) is 132 cm³/mol. The van der Waals surface area contributed by atoms with Crippen LogP contribution < -0.4 is 10.1 Å². The first kappa shape index (κ1) is 24.9. The largest absolute Gasteiger partial charge is 0.479 e. The fraction of sp³-hybridized carbons (Fsp3) is 0.480. The van der Waals surface area contributed by atoms with E-state index in [0.717, 1.165) is 6.20 Å². The smallest absolute Gasteiger partial charge is 0.280 e. The van der Waals surface area contributed by atoms with Crippen LogP contribution in [0.1, 0.15) is 12.2 Å². The molecule has 0 unspecified atom stereocenters. The first-order valence-corrected chi connectivity index (χ1v) is 12.4. The van der Waals surface area contributed by atoms with E-state index in [1.54, 1.807) is 34.6 Å². The zero-order chi connectivity index (χ0) is 26.6. The van der Waals surface area contributed by atoms with Crippen LogP contribution in [0, 0.1) is 12.7 Å². The molecule has 0 spiro atoms. The minimum absolute atomic E-state index is 0.0227. The van der Waals surface area contributed by atoms with Crippen LogP contribution in [0.15, 0.2) is 24.4 Å². The van der Waals surface area contributed by atoms with Gasteiger partial charge in [-0.3, -0.25) is 4.90 Å². The number of benzene rings is 1. The molecule has 1 atom stereocenters. The lowest BCUT2D eigenvalue weighted by molar-refractivity contribution is -0.131. The molecular formula is C25H27F4N7O2. The number of rotatable bonds is 7. The molecule has 5 heterocycles. The van der Waals surface area contributed by atoms with Gasteiger partial charge in [-0.1, -0.05) is 6.07 Å². The second-order valence-electron chi connectivity index (χ2n) is 9.70. The Morgan fingerprint density at radius 2 is 2.05 bits per heavy atom. The number of halogens is 4. The number of anilines is 1. The lowest BCUT2D eigenvalue weighted by Crippen LogP contribution is -2.61. The third-order valence-corrected chi connectivity index (χ3v) is 7.35. The molecule has 4 aromatic rings. The molecule has 0 radical (unpaired) electrons. The van der Waals surface area contributed by atoms with Gasteiger partial charge >= 0.3 is 0 Å². The number of hydrogen-bond acceptors (Lipinski definition) is 7. The number of piperidine rings is 1. The highest BCUT2D eigenvalue weighted by molar-refractivity contribution is 5.90. The monoisotopic (exact) mass is 533 g/mol. The van der Waals surface area contributed by atoms with Crippen molar-refractivity contribution in [1.82, 2.24) is 29.0 Å². The molecule has 2 saturated heterocycles. The Labute approximate surface area is 215 Å². The predicted octanol–water partition coefficient (Wildman–Crippen LogP) is 3.69. The van der Waals surface area contributed by atoms with Gasteiger partial charge in [0.15, 0.2) is 5.82 Å². The average molecular weight is 534 g/mol. The summed E-state index contributed by atoms with van der Waals surface area (Å²) in [5, 5.41) is 7.04. The van der Waals surface area contributed by atoms with E-state index < -0.39 is 24.5 Å². The van der Waals surface area contributed by atoms with Crippen LogP contribution >= 0.6 is 0 Å². The molecule has 2 fully saturated rings. The number of hydrogen-bond donors (Lipinski definition) is 1. The summed E-state index contributed by atoms with van der Waals surface area (Å²) in [6.07, 6.45) is 1.34. The van der Waals surface area contributed by atoms with E-state index in [1.807, 2.05) is 0 Å². The molecule has 3 aromatic heterocycles. The maximum absolute atomic E-state index is 15.3. The second-order valence-corrected chi connectivity index (χ2v) is 9.70. The van der Waals surface area contributed by atoms with Crippen LogP contribution in [0.2, 0.25) is 0 Å². The van der Waals surface area contributed by atoms with Gasteiger partial charge < -0.3 is 19.4 Å². The quantitative estimate of drug-likeness (QED) is 0.363. The molecule has 0 bridgehead atoms. The van der Waals surface area contributed by atoms with Crippen molar-refractivity contribution in [3.63, 3.8) is 0 Å². The molecule has 38 heavy (non-hydrogen) atoms. The van der Waals surface area contributed by atoms with Crippen molar-refractivity contribution in [1.29, 1.82) is 0 Å². The molecule has 0 amide bonds. The van der Waals surface area contributed by atoms with Gasteiger partial charge in [0.25, 0.3) is 5.92 Å². The van der Waals surface area contributed by atoms with Gasteiger partial charge in [0.2, 0.25) is 11.8 Å². The van der Waals surface area contributed by atoms with Crippen molar-refractivity contribution >= 4 is 22.5 Å². The summed E-state index contributed by atoms with van der Waals surface area (Å²) >= 11 is 0. The number of fused-ring (bicyclic) bond motifs is 2. The van der Waals surface area contributed by atoms with E-state index in [4.69, 9.17) is 9.47 Å². The van der Waals surface area contributed by atoms with Crippen molar-refractivity contribution in [3.05, 3.63) is 36.0 Å². The zero-order valence-electron chi connectivity index (χ0n) is 20.9. The maximum atomic E-state index is 15.3. The molecule has 13 heteroatoms. The van der Waals surface area contributed by atoms with E-state index >= 15 is 4.39 Å². The molecule has 2 aliphatic heterocycles. The van der Waals surface area contributed by atoms with Crippen LogP contribution in [-0.2, 0) is 11.3 Å². The van der Waals surface area contributed by atoms with Gasteiger partial charge in [-0.25, -0.2) is 27.1 Å². The van der Waals surface area contributed by atoms with E-state index in [1.165, 1.54) is 11.6 Å². The molecule has 202 valence electrons. The van der Waals surface area contributed by atoms with Crippen LogP contribution in [0.5, 0.6) is 5.88 Å². The van der Waals surface area contributed by atoms with Gasteiger partial charge in [-0.2, -0.15) is 4.98 Å². The van der Waals surface area contributed by atoms with Gasteiger partial charge in [-0.15, -0.1) is 5.10 Å². The topological polar surface area (TPSA) is 81.7 Å². The molecule has 9 nitrogen and oxygen atoms in total. The first-order chi connectivity index (χ1) is 18.3. The first-order valence-electron chi connectivity index (χ1n) is 12.4. The number of nitrogens with one attached hydrogen (secondary N) is 1. The standard InChI is InChI=1S/C25H27F4N7O2/c1-14-30-18-4-3-15(9-19(18)35(14)8-6-26)21-17(27)10-36-22(21)23(37-2)32-24(33-36)31-20-5-7-34(13-25(20,28)29)16-11-38-12-16/h3-4,9-10,16,20H,5-8,11-13H2,1-2H3,(H,31,33)/t20-/m1/s1. The van der Waals surface area contributed by atoms with Crippen LogP contribution in [0.3, 0.4) is 0 Å². The number of likely N-dealkylation sites (tertiary alicyclic amines) is 1. The van der Waals surface area contributed by atoms with E-state index in [0.29, 0.717) is 42.2 Å². The number of aryl methyl sites for hydroxylation is 2. The Hall–Kier alpha value is -3.45. The maximum Gasteiger partial charge on any atom is 0.280 e. The van der Waals surface area contributed by atoms with Gasteiger partial charge in [-0.05, 0) is 31.0 Å². The molecule has 1 N–H and O–H groups in total. The fourth-order valence-electron chi connectivity index (χ4n) is 5.31. The normalized spacial score (nSPS) is 20.2. The molecular weight excluding hydrogens is 506 g/mol. The van der Waals surface area contributed by atoms with Crippen molar-refractivity contribution in [2.45, 2.75) is 37.9 Å². The van der Waals surface area contributed by atoms with Crippen LogP contribution in [-0.4, -0.2) is 87.1 Å². The minimum atomic E-state index is -3.03. The van der Waals surface area contributed by atoms with E-state index in [9.17, 15) is 13.2 Å². The van der Waals surface area contributed by atoms with Crippen molar-refractivity contribution in [2.24, 2.45) is 0 Å². The highest BCUT2D eigenvalue weighted by Gasteiger charge is 2.47. The highest BCUT2D eigenvalue weighted by atomic mass is 19.3. The van der Waals surface area contributed by atoms with Gasteiger partial charge in [0.05, 0.1) is 68.3 Å². The van der Waals surface area contributed by atoms with Crippen molar-refractivity contribution in [3.8, 4) is 17.0 Å². The van der Waals surface area contributed by atoms with Crippen LogP contribution in [0.4, 0.5) is 23.5 Å². The summed E-state index contributed by atoms with van der Waals surface area (Å²) in [5.41, 5.74) is 2.25. The second kappa shape index (κ2) is 9.38.